The Morgan fingerprint density at radius 2 is 2.11 bits per heavy atom. The van der Waals surface area contributed by atoms with Crippen LogP contribution >= 0.6 is 0 Å². The van der Waals surface area contributed by atoms with E-state index in [1.54, 1.807) is 0 Å². The summed E-state index contributed by atoms with van der Waals surface area (Å²) in [6, 6.07) is 9.06. The Morgan fingerprint density at radius 1 is 1.26 bits per heavy atom. The van der Waals surface area contributed by atoms with Crippen molar-refractivity contribution < 1.29 is 4.79 Å². The highest BCUT2D eigenvalue weighted by atomic mass is 16.2. The minimum atomic E-state index is 0.0781. The van der Waals surface area contributed by atoms with E-state index in [-0.39, 0.29) is 11.3 Å². The zero-order chi connectivity index (χ0) is 18.6. The number of hydrogen-bond donors (Lipinski definition) is 1. The lowest BCUT2D eigenvalue weighted by Crippen LogP contribution is -2.51. The molecule has 1 amide bonds. The number of benzene rings is 1. The topological polar surface area (TPSA) is 37.3 Å². The quantitative estimate of drug-likeness (QED) is 0.887. The summed E-state index contributed by atoms with van der Waals surface area (Å²) in [5, 5.41) is 4.47. The highest BCUT2D eigenvalue weighted by molar-refractivity contribution is 6.16. The van der Waals surface area contributed by atoms with Gasteiger partial charge in [0.2, 0.25) is 0 Å². The number of nitrogens with zero attached hydrogens (tertiary/aromatic N) is 2. The molecule has 2 atom stereocenters. The lowest BCUT2D eigenvalue weighted by molar-refractivity contribution is -0.116. The van der Waals surface area contributed by atoms with E-state index in [1.807, 2.05) is 0 Å². The summed E-state index contributed by atoms with van der Waals surface area (Å²) in [5.74, 6) is 0.0781. The van der Waals surface area contributed by atoms with Crippen LogP contribution in [0.25, 0.3) is 16.6 Å². The minimum Gasteiger partial charge on any atom is -0.351 e. The van der Waals surface area contributed by atoms with Crippen LogP contribution in [-0.2, 0) is 11.2 Å². The minimum absolute atomic E-state index is 0.0781. The number of carbonyl (C=O) groups excluding carboxylic acids is 1. The van der Waals surface area contributed by atoms with E-state index in [9.17, 15) is 4.79 Å². The first-order chi connectivity index (χ1) is 13.2. The average Bonchev–Trinajstić information content (AvgIpc) is 3.05. The number of carbonyl (C=O) groups is 1. The zero-order valence-corrected chi connectivity index (χ0v) is 16.4. The van der Waals surface area contributed by atoms with Gasteiger partial charge in [-0.3, -0.25) is 9.69 Å². The molecule has 1 saturated heterocycles. The summed E-state index contributed by atoms with van der Waals surface area (Å²) in [4.78, 5) is 15.9. The van der Waals surface area contributed by atoms with Crippen LogP contribution in [0.5, 0.6) is 0 Å². The van der Waals surface area contributed by atoms with Gasteiger partial charge in [-0.05, 0) is 56.4 Å². The second-order valence-electron chi connectivity index (χ2n) is 8.38. The molecule has 1 N–H and O–H groups in total. The molecule has 4 nitrogen and oxygen atoms in total. The number of aromatic nitrogens is 1. The molecule has 0 aliphatic carbocycles. The molecule has 0 radical (unpaired) electrons. The first kappa shape index (κ1) is 17.1. The number of hydrogen-bond acceptors (Lipinski definition) is 2. The molecule has 0 unspecified atom stereocenters. The van der Waals surface area contributed by atoms with E-state index in [2.05, 4.69) is 59.0 Å². The third-order valence-corrected chi connectivity index (χ3v) is 7.02. The van der Waals surface area contributed by atoms with Crippen molar-refractivity contribution in [2.24, 2.45) is 5.41 Å². The lowest BCUT2D eigenvalue weighted by Gasteiger charge is -2.53. The van der Waals surface area contributed by atoms with Crippen LogP contribution in [0.4, 0.5) is 0 Å². The molecule has 27 heavy (non-hydrogen) atoms. The summed E-state index contributed by atoms with van der Waals surface area (Å²) in [6.07, 6.45) is 7.86. The Labute approximate surface area is 161 Å². The van der Waals surface area contributed by atoms with Gasteiger partial charge < -0.3 is 9.88 Å². The summed E-state index contributed by atoms with van der Waals surface area (Å²) >= 11 is 0. The Kier molecular flexibility index (Phi) is 3.94. The fraction of sp³-hybridized carbons (Fsp3) is 0.522. The van der Waals surface area contributed by atoms with Crippen LogP contribution in [0, 0.1) is 5.41 Å². The van der Waals surface area contributed by atoms with Crippen LogP contribution in [0.2, 0.25) is 0 Å². The molecule has 0 spiro atoms. The van der Waals surface area contributed by atoms with Crippen molar-refractivity contribution in [3.05, 3.63) is 41.6 Å². The van der Waals surface area contributed by atoms with Crippen LogP contribution in [0.15, 0.2) is 30.3 Å². The Bertz CT molecular complexity index is 940. The molecular weight excluding hydrogens is 334 g/mol. The Hall–Kier alpha value is -2.07. The first-order valence-electron chi connectivity index (χ1n) is 10.6. The maximum Gasteiger partial charge on any atom is 0.267 e. The van der Waals surface area contributed by atoms with E-state index < -0.39 is 0 Å². The van der Waals surface area contributed by atoms with E-state index in [0.717, 1.165) is 38.0 Å². The largest absolute Gasteiger partial charge is 0.351 e. The normalized spacial score (nSPS) is 26.6. The van der Waals surface area contributed by atoms with Gasteiger partial charge >= 0.3 is 0 Å². The second kappa shape index (κ2) is 6.23. The van der Waals surface area contributed by atoms with Crippen LogP contribution in [0.3, 0.4) is 0 Å². The molecule has 1 aromatic heterocycles. The van der Waals surface area contributed by atoms with Crippen molar-refractivity contribution in [1.29, 1.82) is 0 Å². The number of fused-ring (bicyclic) bond motifs is 3. The Balaban J connectivity index is 1.79. The lowest BCUT2D eigenvalue weighted by atomic mass is 9.66. The molecule has 3 aliphatic rings. The summed E-state index contributed by atoms with van der Waals surface area (Å²) in [5.41, 5.74) is 4.99. The van der Waals surface area contributed by atoms with E-state index in [4.69, 9.17) is 0 Å². The molecule has 1 aromatic carbocycles. The summed E-state index contributed by atoms with van der Waals surface area (Å²) in [7, 11) is 0. The monoisotopic (exact) mass is 363 g/mol. The van der Waals surface area contributed by atoms with Gasteiger partial charge in [-0.15, -0.1) is 0 Å². The van der Waals surface area contributed by atoms with Crippen molar-refractivity contribution in [2.45, 2.75) is 52.0 Å². The fourth-order valence-corrected chi connectivity index (χ4v) is 5.77. The molecule has 142 valence electrons. The van der Waals surface area contributed by atoms with E-state index in [1.165, 1.54) is 41.5 Å². The Morgan fingerprint density at radius 3 is 2.93 bits per heavy atom. The van der Waals surface area contributed by atoms with Crippen LogP contribution < -0.4 is 5.32 Å². The maximum atomic E-state index is 13.2. The molecule has 3 aliphatic heterocycles. The number of para-hydroxylation sites is 1. The second-order valence-corrected chi connectivity index (χ2v) is 8.38. The number of piperidine rings is 1. The van der Waals surface area contributed by atoms with Crippen LogP contribution in [0.1, 0.15) is 56.8 Å². The highest BCUT2D eigenvalue weighted by Gasteiger charge is 2.50. The summed E-state index contributed by atoms with van der Waals surface area (Å²) < 4.78 is 2.30. The van der Waals surface area contributed by atoms with E-state index >= 15 is 0 Å². The van der Waals surface area contributed by atoms with Gasteiger partial charge in [0.15, 0.2) is 0 Å². The van der Waals surface area contributed by atoms with Gasteiger partial charge in [0.05, 0.1) is 11.6 Å². The van der Waals surface area contributed by atoms with Gasteiger partial charge in [-0.25, -0.2) is 0 Å². The zero-order valence-electron chi connectivity index (χ0n) is 16.4. The van der Waals surface area contributed by atoms with E-state index in [0.29, 0.717) is 6.04 Å². The molecule has 2 aromatic rings. The number of amides is 1. The third kappa shape index (κ3) is 2.29. The molecule has 5 rings (SSSR count). The third-order valence-electron chi connectivity index (χ3n) is 7.02. The van der Waals surface area contributed by atoms with Crippen molar-refractivity contribution in [2.75, 3.05) is 19.6 Å². The molecule has 4 heterocycles. The molecular formula is C23H29N3O. The van der Waals surface area contributed by atoms with Crippen LogP contribution in [-0.4, -0.2) is 35.0 Å². The molecule has 0 saturated carbocycles. The summed E-state index contributed by atoms with van der Waals surface area (Å²) in [6.45, 7) is 7.45. The highest BCUT2D eigenvalue weighted by Crippen LogP contribution is 2.56. The predicted octanol–water partition coefficient (Wildman–Crippen LogP) is 4.11. The van der Waals surface area contributed by atoms with Gasteiger partial charge in [-0.2, -0.15) is 0 Å². The molecule has 1 fully saturated rings. The number of nitrogens with one attached hydrogen (secondary N) is 1. The average molecular weight is 364 g/mol. The standard InChI is InChI=1S/C23H29N3O/c1-3-12-24-22(27)19-15-23(4-2)11-7-13-25-14-10-17-16-8-5-6-9-18(16)26(19)20(17)21(23)25/h5-6,8-9,15,21H,3-4,7,10-14H2,1-2H3,(H,24,27)/t21-,23+/m1/s1. The molecule has 4 heteroatoms. The molecule has 0 bridgehead atoms. The van der Waals surface area contributed by atoms with Crippen molar-refractivity contribution in [3.8, 4) is 0 Å². The predicted molar refractivity (Wildman–Crippen MR) is 109 cm³/mol. The maximum absolute atomic E-state index is 13.2. The first-order valence-corrected chi connectivity index (χ1v) is 10.6. The SMILES string of the molecule is CCCNC(=O)C1=C[C@]2(CC)CCCN3CCc4c(n1c1ccccc41)[C@@H]32. The van der Waals surface area contributed by atoms with Crippen molar-refractivity contribution in [3.63, 3.8) is 0 Å². The smallest absolute Gasteiger partial charge is 0.267 e. The van der Waals surface area contributed by atoms with Gasteiger partial charge in [-0.1, -0.05) is 32.0 Å². The van der Waals surface area contributed by atoms with Gasteiger partial charge in [0.1, 0.15) is 5.70 Å². The van der Waals surface area contributed by atoms with Gasteiger partial charge in [0, 0.05) is 29.6 Å². The van der Waals surface area contributed by atoms with Crippen molar-refractivity contribution in [1.82, 2.24) is 14.8 Å². The van der Waals surface area contributed by atoms with Gasteiger partial charge in [0.25, 0.3) is 5.91 Å². The fourth-order valence-electron chi connectivity index (χ4n) is 5.77. The van der Waals surface area contributed by atoms with Crippen molar-refractivity contribution >= 4 is 22.5 Å². The number of rotatable bonds is 4.